The lowest BCUT2D eigenvalue weighted by atomic mass is 10.1. The third-order valence-electron chi connectivity index (χ3n) is 2.60. The second-order valence-corrected chi connectivity index (χ2v) is 5.54. The molecule has 0 atom stereocenters. The van der Waals surface area contributed by atoms with Crippen LogP contribution in [0.15, 0.2) is 18.2 Å². The zero-order chi connectivity index (χ0) is 13.4. The van der Waals surface area contributed by atoms with Crippen LogP contribution in [0.3, 0.4) is 0 Å². The van der Waals surface area contributed by atoms with Gasteiger partial charge < -0.3 is 4.74 Å². The van der Waals surface area contributed by atoms with E-state index in [4.69, 9.17) is 16.3 Å². The van der Waals surface area contributed by atoms with E-state index < -0.39 is 0 Å². The Morgan fingerprint density at radius 2 is 2.17 bits per heavy atom. The van der Waals surface area contributed by atoms with Gasteiger partial charge in [0.1, 0.15) is 5.75 Å². The van der Waals surface area contributed by atoms with Gasteiger partial charge in [0.05, 0.1) is 17.9 Å². The van der Waals surface area contributed by atoms with Crippen molar-refractivity contribution in [2.75, 3.05) is 18.6 Å². The maximum atomic E-state index is 11.9. The molecule has 1 aromatic rings. The van der Waals surface area contributed by atoms with Crippen LogP contribution in [0.1, 0.15) is 36.5 Å². The summed E-state index contributed by atoms with van der Waals surface area (Å²) < 4.78 is 5.06. The molecule has 18 heavy (non-hydrogen) atoms. The van der Waals surface area contributed by atoms with Gasteiger partial charge in [0.15, 0.2) is 5.78 Å². The molecule has 0 saturated heterocycles. The maximum absolute atomic E-state index is 11.9. The number of carbonyl (C=O) groups is 1. The second kappa shape index (κ2) is 8.44. The fraction of sp³-hybridized carbons (Fsp3) is 0.500. The van der Waals surface area contributed by atoms with E-state index in [1.807, 2.05) is 0 Å². The Kier molecular flexibility index (Phi) is 7.21. The highest BCUT2D eigenvalue weighted by molar-refractivity contribution is 7.99. The van der Waals surface area contributed by atoms with Crippen LogP contribution in [0.25, 0.3) is 0 Å². The summed E-state index contributed by atoms with van der Waals surface area (Å²) in [6, 6.07) is 5.17. The molecule has 0 unspecified atom stereocenters. The molecule has 0 amide bonds. The summed E-state index contributed by atoms with van der Waals surface area (Å²) in [5, 5.41) is 0.485. The van der Waals surface area contributed by atoms with E-state index >= 15 is 0 Å². The molecule has 0 spiro atoms. The van der Waals surface area contributed by atoms with Crippen molar-refractivity contribution < 1.29 is 9.53 Å². The van der Waals surface area contributed by atoms with Gasteiger partial charge in [-0.05, 0) is 30.4 Å². The molecule has 2 nitrogen and oxygen atoms in total. The van der Waals surface area contributed by atoms with Crippen LogP contribution in [0.4, 0.5) is 0 Å². The van der Waals surface area contributed by atoms with Crippen molar-refractivity contribution >= 4 is 29.1 Å². The van der Waals surface area contributed by atoms with Gasteiger partial charge in [-0.25, -0.2) is 0 Å². The predicted molar refractivity (Wildman–Crippen MR) is 79.2 cm³/mol. The number of hydrogen-bond acceptors (Lipinski definition) is 3. The monoisotopic (exact) mass is 286 g/mol. The molecule has 0 aliphatic carbocycles. The van der Waals surface area contributed by atoms with Crippen molar-refractivity contribution in [3.8, 4) is 5.75 Å². The summed E-state index contributed by atoms with van der Waals surface area (Å²) >= 11 is 7.68. The molecule has 0 aliphatic heterocycles. The first kappa shape index (κ1) is 15.4. The number of ketones is 1. The fourth-order valence-electron chi connectivity index (χ4n) is 1.54. The van der Waals surface area contributed by atoms with Gasteiger partial charge in [0, 0.05) is 5.56 Å². The van der Waals surface area contributed by atoms with Crippen molar-refractivity contribution in [1.82, 2.24) is 0 Å². The second-order valence-electron chi connectivity index (χ2n) is 4.03. The molecule has 0 bridgehead atoms. The molecule has 0 saturated carbocycles. The number of Topliss-reactive ketones (excluding diaryl/α,β-unsaturated/α-hetero) is 1. The highest BCUT2D eigenvalue weighted by Crippen LogP contribution is 2.25. The Morgan fingerprint density at radius 1 is 1.39 bits per heavy atom. The third-order valence-corrected chi connectivity index (χ3v) is 3.94. The van der Waals surface area contributed by atoms with E-state index in [9.17, 15) is 4.79 Å². The summed E-state index contributed by atoms with van der Waals surface area (Å²) in [6.07, 6.45) is 3.62. The molecule has 0 aromatic heterocycles. The summed E-state index contributed by atoms with van der Waals surface area (Å²) in [6.45, 7) is 2.18. The van der Waals surface area contributed by atoms with E-state index in [0.717, 1.165) is 5.75 Å². The largest absolute Gasteiger partial charge is 0.495 e. The Hall–Kier alpha value is -0.670. The zero-order valence-electron chi connectivity index (χ0n) is 10.9. The van der Waals surface area contributed by atoms with E-state index in [1.54, 1.807) is 37.1 Å². The van der Waals surface area contributed by atoms with Crippen LogP contribution >= 0.6 is 23.4 Å². The number of unbranched alkanes of at least 4 members (excludes halogenated alkanes) is 2. The fourth-order valence-corrected chi connectivity index (χ4v) is 2.70. The first-order chi connectivity index (χ1) is 8.69. The van der Waals surface area contributed by atoms with Crippen molar-refractivity contribution in [1.29, 1.82) is 0 Å². The molecule has 0 aliphatic rings. The summed E-state index contributed by atoms with van der Waals surface area (Å²) in [7, 11) is 1.56. The number of halogens is 1. The number of carbonyl (C=O) groups excluding carboxylic acids is 1. The van der Waals surface area contributed by atoms with E-state index in [1.165, 1.54) is 19.3 Å². The Labute approximate surface area is 118 Å². The normalized spacial score (nSPS) is 10.4. The molecule has 0 N–H and O–H groups in total. The smallest absolute Gasteiger partial charge is 0.172 e. The minimum Gasteiger partial charge on any atom is -0.495 e. The SMILES string of the molecule is CCCCCSCC(=O)c1ccc(OC)c(Cl)c1. The first-order valence-electron chi connectivity index (χ1n) is 6.13. The van der Waals surface area contributed by atoms with Crippen molar-refractivity contribution in [2.24, 2.45) is 0 Å². The van der Waals surface area contributed by atoms with Gasteiger partial charge in [-0.15, -0.1) is 0 Å². The number of benzene rings is 1. The highest BCUT2D eigenvalue weighted by atomic mass is 35.5. The molecule has 0 fully saturated rings. The van der Waals surface area contributed by atoms with E-state index in [-0.39, 0.29) is 5.78 Å². The van der Waals surface area contributed by atoms with E-state index in [2.05, 4.69) is 6.92 Å². The lowest BCUT2D eigenvalue weighted by Gasteiger charge is -2.05. The minimum absolute atomic E-state index is 0.126. The van der Waals surface area contributed by atoms with Crippen LogP contribution in [-0.4, -0.2) is 24.4 Å². The van der Waals surface area contributed by atoms with Crippen molar-refractivity contribution in [3.05, 3.63) is 28.8 Å². The quantitative estimate of drug-likeness (QED) is 0.521. The molecular weight excluding hydrogens is 268 g/mol. The summed E-state index contributed by atoms with van der Waals surface area (Å²) in [5.41, 5.74) is 0.656. The van der Waals surface area contributed by atoms with Gasteiger partial charge in [0.25, 0.3) is 0 Å². The lowest BCUT2D eigenvalue weighted by molar-refractivity contribution is 0.102. The maximum Gasteiger partial charge on any atom is 0.172 e. The van der Waals surface area contributed by atoms with Crippen LogP contribution in [0.2, 0.25) is 5.02 Å². The average molecular weight is 287 g/mol. The molecule has 100 valence electrons. The predicted octanol–water partition coefficient (Wildman–Crippen LogP) is 4.45. The van der Waals surface area contributed by atoms with Crippen LogP contribution in [0, 0.1) is 0 Å². The number of methoxy groups -OCH3 is 1. The molecule has 1 rings (SSSR count). The topological polar surface area (TPSA) is 26.3 Å². The summed E-state index contributed by atoms with van der Waals surface area (Å²) in [4.78, 5) is 11.9. The Balaban J connectivity index is 2.44. The standard InChI is InChI=1S/C14H19ClO2S/c1-3-4-5-8-18-10-13(16)11-6-7-14(17-2)12(15)9-11/h6-7,9H,3-5,8,10H2,1-2H3. The number of hydrogen-bond donors (Lipinski definition) is 0. The van der Waals surface area contributed by atoms with Gasteiger partial charge in [0.2, 0.25) is 0 Å². The Bertz CT molecular complexity index is 393. The van der Waals surface area contributed by atoms with Gasteiger partial charge in [-0.2, -0.15) is 11.8 Å². The molecule has 4 heteroatoms. The van der Waals surface area contributed by atoms with Crippen LogP contribution < -0.4 is 4.74 Å². The van der Waals surface area contributed by atoms with Crippen molar-refractivity contribution in [3.63, 3.8) is 0 Å². The summed E-state index contributed by atoms with van der Waals surface area (Å²) in [5.74, 6) is 2.29. The molecule has 0 heterocycles. The number of thioether (sulfide) groups is 1. The number of rotatable bonds is 8. The third kappa shape index (κ3) is 4.91. The molecule has 1 aromatic carbocycles. The number of ether oxygens (including phenoxy) is 1. The Morgan fingerprint density at radius 3 is 2.78 bits per heavy atom. The van der Waals surface area contributed by atoms with Gasteiger partial charge in [-0.1, -0.05) is 31.4 Å². The molecule has 0 radical (unpaired) electrons. The minimum atomic E-state index is 0.126. The average Bonchev–Trinajstić information content (AvgIpc) is 2.38. The lowest BCUT2D eigenvalue weighted by Crippen LogP contribution is -2.03. The zero-order valence-corrected chi connectivity index (χ0v) is 12.4. The van der Waals surface area contributed by atoms with Crippen LogP contribution in [-0.2, 0) is 0 Å². The first-order valence-corrected chi connectivity index (χ1v) is 7.66. The van der Waals surface area contributed by atoms with E-state index in [0.29, 0.717) is 22.1 Å². The van der Waals surface area contributed by atoms with Gasteiger partial charge >= 0.3 is 0 Å². The van der Waals surface area contributed by atoms with Gasteiger partial charge in [-0.3, -0.25) is 4.79 Å². The molecular formula is C14H19ClO2S. The highest BCUT2D eigenvalue weighted by Gasteiger charge is 2.09. The van der Waals surface area contributed by atoms with Crippen molar-refractivity contribution in [2.45, 2.75) is 26.2 Å². The van der Waals surface area contributed by atoms with Crippen LogP contribution in [0.5, 0.6) is 5.75 Å².